The molecule has 0 saturated carbocycles. The molecule has 0 radical (unpaired) electrons. The van der Waals surface area contributed by atoms with E-state index in [4.69, 9.17) is 9.72 Å². The average Bonchev–Trinajstić information content (AvgIpc) is 3.36. The molecule has 1 saturated heterocycles. The predicted octanol–water partition coefficient (Wildman–Crippen LogP) is 2.75. The largest absolute Gasteiger partial charge is 0.493 e. The number of hydrogen-bond acceptors (Lipinski definition) is 6. The molecular weight excluding hydrogens is 421 g/mol. The van der Waals surface area contributed by atoms with E-state index in [9.17, 15) is 12.8 Å². The number of anilines is 1. The van der Waals surface area contributed by atoms with E-state index in [2.05, 4.69) is 10.00 Å². The standard InChI is InChI=1S/C21H24FN5O3S/c1-31(28,29)25-8-3-11-30-19-6-5-16(22)12-17(19)18-4-2-9-26(18)20-7-10-27-21(24-20)15(14-25)13-23-27/h5-7,10,12-13,18H,2-4,8-9,11,14H2,1H3/t18-/m1/s1. The minimum absolute atomic E-state index is 0.0394. The molecule has 0 amide bonds. The Balaban J connectivity index is 1.64. The third-order valence-corrected chi connectivity index (χ3v) is 7.18. The number of nitrogens with zero attached hydrogens (tertiary/aromatic N) is 5. The zero-order chi connectivity index (χ0) is 21.6. The molecule has 2 aromatic heterocycles. The summed E-state index contributed by atoms with van der Waals surface area (Å²) in [5.41, 5.74) is 2.17. The van der Waals surface area contributed by atoms with Crippen LogP contribution in [0.15, 0.2) is 36.7 Å². The highest BCUT2D eigenvalue weighted by molar-refractivity contribution is 7.88. The van der Waals surface area contributed by atoms with Crippen molar-refractivity contribution in [3.63, 3.8) is 0 Å². The van der Waals surface area contributed by atoms with Gasteiger partial charge in [0.25, 0.3) is 0 Å². The quantitative estimate of drug-likeness (QED) is 0.573. The molecule has 1 atom stereocenters. The van der Waals surface area contributed by atoms with Crippen molar-refractivity contribution in [3.05, 3.63) is 53.6 Å². The van der Waals surface area contributed by atoms with Gasteiger partial charge in [-0.05, 0) is 43.5 Å². The molecule has 0 aliphatic carbocycles. The van der Waals surface area contributed by atoms with Gasteiger partial charge in [0.05, 0.1) is 25.1 Å². The van der Waals surface area contributed by atoms with Crippen LogP contribution in [-0.4, -0.2) is 53.3 Å². The third-order valence-electron chi connectivity index (χ3n) is 5.93. The summed E-state index contributed by atoms with van der Waals surface area (Å²) in [6, 6.07) is 6.44. The maximum Gasteiger partial charge on any atom is 0.211 e. The van der Waals surface area contributed by atoms with Crippen LogP contribution in [0.3, 0.4) is 0 Å². The van der Waals surface area contributed by atoms with Gasteiger partial charge in [-0.2, -0.15) is 9.40 Å². The summed E-state index contributed by atoms with van der Waals surface area (Å²) in [7, 11) is -3.43. The summed E-state index contributed by atoms with van der Waals surface area (Å²) in [6.45, 7) is 1.64. The summed E-state index contributed by atoms with van der Waals surface area (Å²) in [6.07, 6.45) is 7.04. The van der Waals surface area contributed by atoms with E-state index in [0.29, 0.717) is 31.0 Å². The van der Waals surface area contributed by atoms with Gasteiger partial charge in [-0.1, -0.05) is 0 Å². The summed E-state index contributed by atoms with van der Waals surface area (Å²) < 4.78 is 48.0. The predicted molar refractivity (Wildman–Crippen MR) is 114 cm³/mol. The van der Waals surface area contributed by atoms with Crippen LogP contribution in [0.25, 0.3) is 5.65 Å². The minimum atomic E-state index is -3.43. The number of halogens is 1. The minimum Gasteiger partial charge on any atom is -0.493 e. The number of aromatic nitrogens is 3. The van der Waals surface area contributed by atoms with E-state index in [1.165, 1.54) is 22.7 Å². The number of rotatable bonds is 1. The molecule has 2 aliphatic heterocycles. The van der Waals surface area contributed by atoms with E-state index in [1.807, 2.05) is 12.3 Å². The molecule has 31 heavy (non-hydrogen) atoms. The molecule has 4 heterocycles. The third kappa shape index (κ3) is 3.85. The Morgan fingerprint density at radius 2 is 2.06 bits per heavy atom. The Bertz CT molecular complexity index is 1230. The van der Waals surface area contributed by atoms with Crippen molar-refractivity contribution < 1.29 is 17.5 Å². The highest BCUT2D eigenvalue weighted by Gasteiger charge is 2.31. The molecule has 5 rings (SSSR count). The highest BCUT2D eigenvalue weighted by atomic mass is 32.2. The monoisotopic (exact) mass is 445 g/mol. The highest BCUT2D eigenvalue weighted by Crippen LogP contribution is 2.40. The van der Waals surface area contributed by atoms with Crippen LogP contribution in [0.5, 0.6) is 5.75 Å². The van der Waals surface area contributed by atoms with Crippen molar-refractivity contribution in [3.8, 4) is 5.75 Å². The topological polar surface area (TPSA) is 80.0 Å². The summed E-state index contributed by atoms with van der Waals surface area (Å²) in [5.74, 6) is 1.09. The van der Waals surface area contributed by atoms with Gasteiger partial charge in [-0.25, -0.2) is 22.3 Å². The number of sulfonamides is 1. The second kappa shape index (κ2) is 7.76. The van der Waals surface area contributed by atoms with Crippen LogP contribution in [0, 0.1) is 5.82 Å². The normalized spacial score (nSPS) is 20.3. The van der Waals surface area contributed by atoms with Crippen molar-refractivity contribution in [2.45, 2.75) is 31.8 Å². The Morgan fingerprint density at radius 1 is 1.19 bits per heavy atom. The van der Waals surface area contributed by atoms with Crippen molar-refractivity contribution in [2.75, 3.05) is 30.9 Å². The number of hydrogen-bond donors (Lipinski definition) is 0. The molecule has 1 fully saturated rings. The van der Waals surface area contributed by atoms with E-state index >= 15 is 0 Å². The second-order valence-electron chi connectivity index (χ2n) is 8.06. The van der Waals surface area contributed by atoms with Crippen molar-refractivity contribution in [2.24, 2.45) is 0 Å². The van der Waals surface area contributed by atoms with E-state index in [1.54, 1.807) is 16.8 Å². The summed E-state index contributed by atoms with van der Waals surface area (Å²) in [4.78, 5) is 6.99. The van der Waals surface area contributed by atoms with Gasteiger partial charge < -0.3 is 9.64 Å². The van der Waals surface area contributed by atoms with Gasteiger partial charge >= 0.3 is 0 Å². The molecule has 0 N–H and O–H groups in total. The van der Waals surface area contributed by atoms with E-state index < -0.39 is 10.0 Å². The first-order chi connectivity index (χ1) is 14.9. The van der Waals surface area contributed by atoms with Crippen LogP contribution in [0.4, 0.5) is 10.2 Å². The van der Waals surface area contributed by atoms with Crippen LogP contribution >= 0.6 is 0 Å². The van der Waals surface area contributed by atoms with Gasteiger partial charge in [-0.15, -0.1) is 0 Å². The van der Waals surface area contributed by atoms with E-state index in [0.717, 1.165) is 36.3 Å². The summed E-state index contributed by atoms with van der Waals surface area (Å²) in [5, 5.41) is 4.34. The fraction of sp³-hybridized carbons (Fsp3) is 0.429. The lowest BCUT2D eigenvalue weighted by Gasteiger charge is -2.28. The van der Waals surface area contributed by atoms with Crippen molar-refractivity contribution >= 4 is 21.5 Å². The molecule has 0 spiro atoms. The SMILES string of the molecule is CS(=O)(=O)N1CCCOc2ccc(F)cc2[C@H]2CCCN2c2ccn3ncc(c3n2)C1. The second-order valence-corrected chi connectivity index (χ2v) is 10.0. The Labute approximate surface area is 180 Å². The first kappa shape index (κ1) is 20.2. The molecule has 8 nitrogen and oxygen atoms in total. The first-order valence-electron chi connectivity index (χ1n) is 10.4. The fourth-order valence-electron chi connectivity index (χ4n) is 4.43. The number of benzene rings is 1. The molecule has 2 bridgehead atoms. The molecule has 164 valence electrons. The molecule has 3 aromatic rings. The van der Waals surface area contributed by atoms with Gasteiger partial charge in [0, 0.05) is 37.0 Å². The van der Waals surface area contributed by atoms with Crippen LogP contribution in [0.2, 0.25) is 0 Å². The smallest absolute Gasteiger partial charge is 0.211 e. The lowest BCUT2D eigenvalue weighted by Crippen LogP contribution is -2.31. The van der Waals surface area contributed by atoms with Gasteiger partial charge in [0.1, 0.15) is 17.4 Å². The molecule has 0 unspecified atom stereocenters. The fourth-order valence-corrected chi connectivity index (χ4v) is 5.26. The number of ether oxygens (including phenoxy) is 1. The van der Waals surface area contributed by atoms with Crippen molar-refractivity contribution in [1.29, 1.82) is 0 Å². The van der Waals surface area contributed by atoms with Crippen LogP contribution < -0.4 is 9.64 Å². The van der Waals surface area contributed by atoms with Crippen LogP contribution in [0.1, 0.15) is 36.4 Å². The number of fused-ring (bicyclic) bond motifs is 5. The van der Waals surface area contributed by atoms with Gasteiger partial charge in [0.15, 0.2) is 5.65 Å². The van der Waals surface area contributed by atoms with Gasteiger partial charge in [0.2, 0.25) is 10.0 Å². The van der Waals surface area contributed by atoms with E-state index in [-0.39, 0.29) is 18.4 Å². The molecule has 2 aliphatic rings. The summed E-state index contributed by atoms with van der Waals surface area (Å²) >= 11 is 0. The zero-order valence-corrected chi connectivity index (χ0v) is 18.1. The zero-order valence-electron chi connectivity index (χ0n) is 17.2. The average molecular weight is 446 g/mol. The van der Waals surface area contributed by atoms with Gasteiger partial charge in [-0.3, -0.25) is 0 Å². The van der Waals surface area contributed by atoms with Crippen molar-refractivity contribution in [1.82, 2.24) is 18.9 Å². The maximum atomic E-state index is 14.2. The Hall–Kier alpha value is -2.72. The maximum absolute atomic E-state index is 14.2. The first-order valence-corrected chi connectivity index (χ1v) is 12.2. The molecule has 10 heteroatoms. The Morgan fingerprint density at radius 3 is 2.90 bits per heavy atom. The molecular formula is C21H24FN5O3S. The lowest BCUT2D eigenvalue weighted by molar-refractivity contribution is 0.283. The molecule has 1 aromatic carbocycles. The Kier molecular flexibility index (Phi) is 5.05. The van der Waals surface area contributed by atoms with Crippen LogP contribution in [-0.2, 0) is 16.6 Å². The lowest BCUT2D eigenvalue weighted by atomic mass is 10.0.